The van der Waals surface area contributed by atoms with E-state index in [2.05, 4.69) is 4.98 Å². The number of benzene rings is 1. The van der Waals surface area contributed by atoms with E-state index in [1.807, 2.05) is 30.3 Å². The maximum atomic E-state index is 9.64. The van der Waals surface area contributed by atoms with Crippen molar-refractivity contribution in [1.29, 1.82) is 0 Å². The van der Waals surface area contributed by atoms with E-state index in [0.29, 0.717) is 5.75 Å². The first-order chi connectivity index (χ1) is 9.24. The van der Waals surface area contributed by atoms with Gasteiger partial charge in [0.15, 0.2) is 0 Å². The third kappa shape index (κ3) is 2.53. The van der Waals surface area contributed by atoms with E-state index < -0.39 is 18.3 Å². The number of rotatable bonds is 3. The average molecular weight is 261 g/mol. The molecule has 0 spiro atoms. The van der Waals surface area contributed by atoms with Crippen LogP contribution in [0.3, 0.4) is 0 Å². The van der Waals surface area contributed by atoms with Crippen molar-refractivity contribution in [3.8, 4) is 5.75 Å². The highest BCUT2D eigenvalue weighted by atomic mass is 16.6. The van der Waals surface area contributed by atoms with Crippen molar-refractivity contribution >= 4 is 10.9 Å². The second-order valence-electron chi connectivity index (χ2n) is 4.60. The molecule has 3 rings (SSSR count). The second kappa shape index (κ2) is 5.13. The van der Waals surface area contributed by atoms with Gasteiger partial charge >= 0.3 is 0 Å². The van der Waals surface area contributed by atoms with Crippen LogP contribution in [0.15, 0.2) is 36.5 Å². The Labute approximate surface area is 110 Å². The van der Waals surface area contributed by atoms with Gasteiger partial charge in [-0.3, -0.25) is 4.98 Å². The summed E-state index contributed by atoms with van der Waals surface area (Å²) in [6, 6.07) is 9.48. The molecule has 3 unspecified atom stereocenters. The number of aromatic nitrogens is 1. The van der Waals surface area contributed by atoms with E-state index in [1.165, 1.54) is 0 Å². The van der Waals surface area contributed by atoms with Gasteiger partial charge in [-0.05, 0) is 18.2 Å². The van der Waals surface area contributed by atoms with Gasteiger partial charge in [-0.1, -0.05) is 6.07 Å². The fraction of sp³-hybridized carbons (Fsp3) is 0.357. The molecule has 3 atom stereocenters. The number of hydrogen-bond donors (Lipinski definition) is 2. The minimum absolute atomic E-state index is 0.147. The van der Waals surface area contributed by atoms with Gasteiger partial charge < -0.3 is 19.7 Å². The Morgan fingerprint density at radius 3 is 3.00 bits per heavy atom. The lowest BCUT2D eigenvalue weighted by atomic mass is 10.1. The molecule has 1 saturated heterocycles. The Hall–Kier alpha value is -1.69. The molecule has 100 valence electrons. The summed E-state index contributed by atoms with van der Waals surface area (Å²) in [5.74, 6) is 0.670. The number of ether oxygens (including phenoxy) is 2. The normalized spacial score (nSPS) is 26.7. The molecule has 19 heavy (non-hydrogen) atoms. The van der Waals surface area contributed by atoms with Crippen LogP contribution in [-0.2, 0) is 4.74 Å². The van der Waals surface area contributed by atoms with Crippen LogP contribution < -0.4 is 4.74 Å². The van der Waals surface area contributed by atoms with E-state index in [0.717, 1.165) is 10.9 Å². The standard InChI is InChI=1S/C14H15NO4/c16-12-7-19-13(14(12)17)8-18-10-4-3-9-2-1-5-15-11(9)6-10/h1-6,12-14,16-17H,7-8H2. The van der Waals surface area contributed by atoms with Gasteiger partial charge in [-0.15, -0.1) is 0 Å². The number of hydrogen-bond acceptors (Lipinski definition) is 5. The van der Waals surface area contributed by atoms with Gasteiger partial charge in [0.25, 0.3) is 0 Å². The van der Waals surface area contributed by atoms with Gasteiger partial charge in [-0.2, -0.15) is 0 Å². The largest absolute Gasteiger partial charge is 0.491 e. The SMILES string of the molecule is OC1COC(COc2ccc3cccnc3c2)C1O. The molecule has 1 aliphatic rings. The lowest BCUT2D eigenvalue weighted by molar-refractivity contribution is -0.0000675. The van der Waals surface area contributed by atoms with Crippen LogP contribution in [0.2, 0.25) is 0 Å². The van der Waals surface area contributed by atoms with Crippen molar-refractivity contribution in [3.63, 3.8) is 0 Å². The summed E-state index contributed by atoms with van der Waals surface area (Å²) in [5.41, 5.74) is 0.855. The Kier molecular flexibility index (Phi) is 3.33. The van der Waals surface area contributed by atoms with Crippen LogP contribution in [0.1, 0.15) is 0 Å². The second-order valence-corrected chi connectivity index (χ2v) is 4.60. The molecule has 0 saturated carbocycles. The van der Waals surface area contributed by atoms with Gasteiger partial charge in [0.1, 0.15) is 30.7 Å². The van der Waals surface area contributed by atoms with Crippen LogP contribution in [-0.4, -0.2) is 46.7 Å². The Bertz CT molecular complexity index is 574. The highest BCUT2D eigenvalue weighted by Gasteiger charge is 2.34. The molecular formula is C14H15NO4. The van der Waals surface area contributed by atoms with Crippen LogP contribution in [0.5, 0.6) is 5.75 Å². The van der Waals surface area contributed by atoms with Gasteiger partial charge in [0, 0.05) is 17.6 Å². The van der Waals surface area contributed by atoms with Crippen LogP contribution in [0, 0.1) is 0 Å². The topological polar surface area (TPSA) is 71.8 Å². The number of aliphatic hydroxyl groups is 2. The summed E-state index contributed by atoms with van der Waals surface area (Å²) >= 11 is 0. The molecule has 5 heteroatoms. The average Bonchev–Trinajstić information content (AvgIpc) is 2.76. The lowest BCUT2D eigenvalue weighted by Crippen LogP contribution is -2.33. The molecule has 0 radical (unpaired) electrons. The summed E-state index contributed by atoms with van der Waals surface area (Å²) in [7, 11) is 0. The zero-order chi connectivity index (χ0) is 13.2. The van der Waals surface area contributed by atoms with Crippen molar-refractivity contribution in [2.24, 2.45) is 0 Å². The molecule has 5 nitrogen and oxygen atoms in total. The molecule has 2 heterocycles. The van der Waals surface area contributed by atoms with E-state index in [9.17, 15) is 10.2 Å². The van der Waals surface area contributed by atoms with Crippen molar-refractivity contribution < 1.29 is 19.7 Å². The smallest absolute Gasteiger partial charge is 0.121 e. The lowest BCUT2D eigenvalue weighted by Gasteiger charge is -2.15. The van der Waals surface area contributed by atoms with Crippen LogP contribution in [0.4, 0.5) is 0 Å². The van der Waals surface area contributed by atoms with Crippen LogP contribution in [0.25, 0.3) is 10.9 Å². The van der Waals surface area contributed by atoms with Gasteiger partial charge in [0.05, 0.1) is 12.1 Å². The number of nitrogens with zero attached hydrogens (tertiary/aromatic N) is 1. The number of aliphatic hydroxyl groups excluding tert-OH is 2. The predicted octanol–water partition coefficient (Wildman–Crippen LogP) is 0.734. The maximum Gasteiger partial charge on any atom is 0.121 e. The molecule has 0 amide bonds. The zero-order valence-corrected chi connectivity index (χ0v) is 10.3. The summed E-state index contributed by atoms with van der Waals surface area (Å²) in [4.78, 5) is 4.25. The molecule has 1 fully saturated rings. The minimum atomic E-state index is -0.890. The van der Waals surface area contributed by atoms with Gasteiger partial charge in [-0.25, -0.2) is 0 Å². The fourth-order valence-corrected chi connectivity index (χ4v) is 2.13. The van der Waals surface area contributed by atoms with Crippen molar-refractivity contribution in [2.75, 3.05) is 13.2 Å². The molecule has 1 aliphatic heterocycles. The summed E-state index contributed by atoms with van der Waals surface area (Å²) < 4.78 is 10.8. The monoisotopic (exact) mass is 261 g/mol. The molecule has 1 aromatic carbocycles. The number of fused-ring (bicyclic) bond motifs is 1. The first-order valence-electron chi connectivity index (χ1n) is 6.19. The number of pyridine rings is 1. The Morgan fingerprint density at radius 2 is 2.21 bits per heavy atom. The molecule has 2 aromatic rings. The summed E-state index contributed by atoms with van der Waals surface area (Å²) in [5, 5.41) is 20.0. The van der Waals surface area contributed by atoms with Crippen molar-refractivity contribution in [1.82, 2.24) is 4.98 Å². The highest BCUT2D eigenvalue weighted by Crippen LogP contribution is 2.20. The first-order valence-corrected chi connectivity index (χ1v) is 6.19. The van der Waals surface area contributed by atoms with Crippen molar-refractivity contribution in [3.05, 3.63) is 36.5 Å². The Morgan fingerprint density at radius 1 is 1.32 bits per heavy atom. The zero-order valence-electron chi connectivity index (χ0n) is 10.3. The van der Waals surface area contributed by atoms with Crippen molar-refractivity contribution in [2.45, 2.75) is 18.3 Å². The fourth-order valence-electron chi connectivity index (χ4n) is 2.13. The quantitative estimate of drug-likeness (QED) is 0.852. The van der Waals surface area contributed by atoms with E-state index >= 15 is 0 Å². The molecule has 0 aliphatic carbocycles. The highest BCUT2D eigenvalue weighted by molar-refractivity contribution is 5.79. The minimum Gasteiger partial charge on any atom is -0.491 e. The molecule has 1 aromatic heterocycles. The summed E-state index contributed by atoms with van der Waals surface area (Å²) in [6.07, 6.45) is -0.480. The van der Waals surface area contributed by atoms with Gasteiger partial charge in [0.2, 0.25) is 0 Å². The maximum absolute atomic E-state index is 9.64. The molecule has 2 N–H and O–H groups in total. The van der Waals surface area contributed by atoms with Crippen LogP contribution >= 0.6 is 0 Å². The van der Waals surface area contributed by atoms with E-state index in [1.54, 1.807) is 6.20 Å². The molecular weight excluding hydrogens is 246 g/mol. The Balaban J connectivity index is 1.68. The van der Waals surface area contributed by atoms with E-state index in [4.69, 9.17) is 9.47 Å². The van der Waals surface area contributed by atoms with E-state index in [-0.39, 0.29) is 13.2 Å². The summed E-state index contributed by atoms with van der Waals surface area (Å²) in [6.45, 7) is 0.352. The molecule has 0 bridgehead atoms. The third-order valence-electron chi connectivity index (χ3n) is 3.25. The third-order valence-corrected chi connectivity index (χ3v) is 3.25. The predicted molar refractivity (Wildman–Crippen MR) is 69.0 cm³/mol. The first kappa shape index (κ1) is 12.3.